The third-order valence-corrected chi connectivity index (χ3v) is 3.48. The van der Waals surface area contributed by atoms with E-state index in [1.165, 1.54) is 7.11 Å². The lowest BCUT2D eigenvalue weighted by molar-refractivity contribution is -0.139. The van der Waals surface area contributed by atoms with Crippen LogP contribution in [0.25, 0.3) is 10.8 Å². The normalized spacial score (nSPS) is 10.9. The Morgan fingerprint density at radius 2 is 1.83 bits per heavy atom. The van der Waals surface area contributed by atoms with E-state index >= 15 is 0 Å². The highest BCUT2D eigenvalue weighted by Crippen LogP contribution is 2.43. The van der Waals surface area contributed by atoms with Gasteiger partial charge in [-0.05, 0) is 30.4 Å². The Balaban J connectivity index is 2.38. The van der Waals surface area contributed by atoms with Crippen LogP contribution >= 0.6 is 0 Å². The zero-order chi connectivity index (χ0) is 17.7. The molecule has 0 atom stereocenters. The monoisotopic (exact) mass is 332 g/mol. The summed E-state index contributed by atoms with van der Waals surface area (Å²) in [5.74, 6) is 1.15. The molecule has 0 amide bonds. The number of carbonyl (C=O) groups excluding carboxylic acids is 1. The lowest BCUT2D eigenvalue weighted by Crippen LogP contribution is -2.18. The fourth-order valence-corrected chi connectivity index (χ4v) is 2.40. The first-order chi connectivity index (χ1) is 11.5. The number of fused-ring (bicyclic) bond motifs is 1. The van der Waals surface area contributed by atoms with Gasteiger partial charge >= 0.3 is 5.97 Å². The summed E-state index contributed by atoms with van der Waals surface area (Å²) >= 11 is 0. The molecule has 0 heterocycles. The van der Waals surface area contributed by atoms with Crippen LogP contribution in [0.3, 0.4) is 0 Å². The highest BCUT2D eigenvalue weighted by Gasteiger charge is 2.19. The molecular weight excluding hydrogens is 308 g/mol. The van der Waals surface area contributed by atoms with Crippen LogP contribution in [0, 0.1) is 12.8 Å². The second-order valence-corrected chi connectivity index (χ2v) is 6.05. The molecule has 0 aromatic heterocycles. The number of hydrogen-bond acceptors (Lipinski definition) is 5. The van der Waals surface area contributed by atoms with Gasteiger partial charge in [-0.15, -0.1) is 0 Å². The third kappa shape index (κ3) is 4.17. The lowest BCUT2D eigenvalue weighted by Gasteiger charge is -2.16. The molecule has 5 nitrogen and oxygen atoms in total. The average Bonchev–Trinajstić information content (AvgIpc) is 2.54. The van der Waals surface area contributed by atoms with Crippen LogP contribution in [0.5, 0.6) is 17.2 Å². The summed E-state index contributed by atoms with van der Waals surface area (Å²) < 4.78 is 21.7. The second kappa shape index (κ2) is 8.02. The van der Waals surface area contributed by atoms with Gasteiger partial charge in [0.05, 0.1) is 14.2 Å². The summed E-state index contributed by atoms with van der Waals surface area (Å²) in [6.45, 7) is 6.42. The van der Waals surface area contributed by atoms with Gasteiger partial charge in [-0.3, -0.25) is 0 Å². The summed E-state index contributed by atoms with van der Waals surface area (Å²) in [4.78, 5) is 12.1. The minimum atomic E-state index is -0.468. The van der Waals surface area contributed by atoms with Crippen molar-refractivity contribution in [1.29, 1.82) is 0 Å². The van der Waals surface area contributed by atoms with Crippen molar-refractivity contribution in [2.75, 3.05) is 27.4 Å². The van der Waals surface area contributed by atoms with Crippen molar-refractivity contribution in [2.45, 2.75) is 20.8 Å². The molecule has 0 saturated heterocycles. The van der Waals surface area contributed by atoms with Crippen molar-refractivity contribution in [3.05, 3.63) is 29.8 Å². The Bertz CT molecular complexity index is 721. The first kappa shape index (κ1) is 18.1. The van der Waals surface area contributed by atoms with Gasteiger partial charge in [0.25, 0.3) is 0 Å². The molecule has 0 bridgehead atoms. The fraction of sp³-hybridized carbons (Fsp3) is 0.421. The Hall–Kier alpha value is -2.27. The van der Waals surface area contributed by atoms with Crippen LogP contribution in [0.2, 0.25) is 0 Å². The minimum Gasteiger partial charge on any atom is -0.493 e. The van der Waals surface area contributed by atoms with Crippen molar-refractivity contribution in [2.24, 2.45) is 5.92 Å². The molecule has 0 spiro atoms. The van der Waals surface area contributed by atoms with Gasteiger partial charge in [-0.1, -0.05) is 31.5 Å². The highest BCUT2D eigenvalue weighted by molar-refractivity contribution is 5.95. The van der Waals surface area contributed by atoms with Gasteiger partial charge in [0, 0.05) is 12.0 Å². The molecular formula is C19H24O5. The maximum absolute atomic E-state index is 12.1. The molecule has 0 N–H and O–H groups in total. The first-order valence-electron chi connectivity index (χ1n) is 7.90. The Morgan fingerprint density at radius 1 is 1.08 bits per heavy atom. The Kier molecular flexibility index (Phi) is 6.04. The molecule has 0 radical (unpaired) electrons. The van der Waals surface area contributed by atoms with Gasteiger partial charge < -0.3 is 18.9 Å². The maximum atomic E-state index is 12.1. The summed E-state index contributed by atoms with van der Waals surface area (Å²) in [5.41, 5.74) is 1.06. The van der Waals surface area contributed by atoms with Crippen LogP contribution in [0.4, 0.5) is 0 Å². The number of esters is 1. The SMILES string of the molecule is COc1cc2ccc(C)cc2c(OC(=O)COCC(C)C)c1OC. The van der Waals surface area contributed by atoms with E-state index < -0.39 is 5.97 Å². The zero-order valence-electron chi connectivity index (χ0n) is 14.8. The molecule has 24 heavy (non-hydrogen) atoms. The van der Waals surface area contributed by atoms with Gasteiger partial charge in [0.15, 0.2) is 11.5 Å². The van der Waals surface area contributed by atoms with E-state index in [-0.39, 0.29) is 6.61 Å². The number of ether oxygens (including phenoxy) is 4. The molecule has 0 aliphatic heterocycles. The van der Waals surface area contributed by atoms with Gasteiger partial charge in [-0.2, -0.15) is 0 Å². The van der Waals surface area contributed by atoms with Gasteiger partial charge in [0.2, 0.25) is 5.75 Å². The third-order valence-electron chi connectivity index (χ3n) is 3.48. The van der Waals surface area contributed by atoms with Crippen LogP contribution in [-0.2, 0) is 9.53 Å². The summed E-state index contributed by atoms with van der Waals surface area (Å²) in [7, 11) is 3.07. The van der Waals surface area contributed by atoms with Crippen molar-refractivity contribution in [3.63, 3.8) is 0 Å². The highest BCUT2D eigenvalue weighted by atomic mass is 16.6. The van der Waals surface area contributed by atoms with E-state index in [0.717, 1.165) is 16.3 Å². The first-order valence-corrected chi connectivity index (χ1v) is 7.90. The standard InChI is InChI=1S/C19H24O5/c1-12(2)10-23-11-17(20)24-18-15-8-13(3)6-7-14(15)9-16(21-4)19(18)22-5/h6-9,12H,10-11H2,1-5H3. The Morgan fingerprint density at radius 3 is 2.46 bits per heavy atom. The minimum absolute atomic E-state index is 0.105. The van der Waals surface area contributed by atoms with Crippen molar-refractivity contribution >= 4 is 16.7 Å². The maximum Gasteiger partial charge on any atom is 0.337 e. The summed E-state index contributed by atoms with van der Waals surface area (Å²) in [5, 5.41) is 1.70. The molecule has 0 fully saturated rings. The van der Waals surface area contributed by atoms with E-state index in [1.54, 1.807) is 7.11 Å². The van der Waals surface area contributed by atoms with Crippen molar-refractivity contribution in [1.82, 2.24) is 0 Å². The van der Waals surface area contributed by atoms with Crippen molar-refractivity contribution < 1.29 is 23.7 Å². The largest absolute Gasteiger partial charge is 0.493 e. The number of carbonyl (C=O) groups is 1. The molecule has 130 valence electrons. The van der Waals surface area contributed by atoms with Crippen LogP contribution in [0.1, 0.15) is 19.4 Å². The molecule has 0 aliphatic rings. The van der Waals surface area contributed by atoms with Crippen LogP contribution < -0.4 is 14.2 Å². The van der Waals surface area contributed by atoms with Crippen LogP contribution in [0.15, 0.2) is 24.3 Å². The lowest BCUT2D eigenvalue weighted by atomic mass is 10.1. The number of aryl methyl sites for hydroxylation is 1. The molecule has 2 aromatic rings. The van der Waals surface area contributed by atoms with Gasteiger partial charge in [0.1, 0.15) is 6.61 Å². The molecule has 0 aliphatic carbocycles. The smallest absolute Gasteiger partial charge is 0.337 e. The fourth-order valence-electron chi connectivity index (χ4n) is 2.40. The summed E-state index contributed by atoms with van der Waals surface area (Å²) in [6, 6.07) is 7.76. The van der Waals surface area contributed by atoms with E-state index in [9.17, 15) is 4.79 Å². The molecule has 0 unspecified atom stereocenters. The quantitative estimate of drug-likeness (QED) is 0.571. The number of rotatable bonds is 7. The molecule has 2 rings (SSSR count). The Labute approximate surface area is 142 Å². The summed E-state index contributed by atoms with van der Waals surface area (Å²) in [6.07, 6.45) is 0. The zero-order valence-corrected chi connectivity index (χ0v) is 14.8. The van der Waals surface area contributed by atoms with Crippen LogP contribution in [-0.4, -0.2) is 33.4 Å². The average molecular weight is 332 g/mol. The van der Waals surface area contributed by atoms with Crippen molar-refractivity contribution in [3.8, 4) is 17.2 Å². The van der Waals surface area contributed by atoms with E-state index in [1.807, 2.05) is 45.0 Å². The molecule has 5 heteroatoms. The predicted molar refractivity (Wildman–Crippen MR) is 93.1 cm³/mol. The van der Waals surface area contributed by atoms with Gasteiger partial charge in [-0.25, -0.2) is 4.79 Å². The topological polar surface area (TPSA) is 54.0 Å². The number of methoxy groups -OCH3 is 2. The molecule has 0 saturated carbocycles. The van der Waals surface area contributed by atoms with E-state index in [4.69, 9.17) is 18.9 Å². The number of hydrogen-bond donors (Lipinski definition) is 0. The predicted octanol–water partition coefficient (Wildman–Crippen LogP) is 3.74. The van der Waals surface area contributed by atoms with E-state index in [2.05, 4.69) is 0 Å². The van der Waals surface area contributed by atoms with E-state index in [0.29, 0.717) is 29.8 Å². The second-order valence-electron chi connectivity index (χ2n) is 6.05. The number of benzene rings is 2. The molecule has 2 aromatic carbocycles.